The van der Waals surface area contributed by atoms with Crippen molar-refractivity contribution >= 4 is 0 Å². The number of likely N-dealkylation sites (tertiary alicyclic amines) is 2. The number of likely N-dealkylation sites (N-methyl/N-ethyl adjacent to an activating group) is 3. The second-order valence-corrected chi connectivity index (χ2v) is 26.7. The molecule has 0 radical (unpaired) electrons. The van der Waals surface area contributed by atoms with Crippen LogP contribution in [-0.4, -0.2) is 161 Å². The van der Waals surface area contributed by atoms with Crippen molar-refractivity contribution < 1.29 is 33.2 Å². The molecule has 0 amide bonds. The van der Waals surface area contributed by atoms with Crippen LogP contribution >= 0.6 is 0 Å². The maximum Gasteiger partial charge on any atom is 0.0835 e. The van der Waals surface area contributed by atoms with Gasteiger partial charge in [0.15, 0.2) is 0 Å². The molecule has 0 saturated carbocycles. The van der Waals surface area contributed by atoms with E-state index in [1.165, 1.54) is 25.8 Å². The fourth-order valence-corrected chi connectivity index (χ4v) is 4.61. The highest BCUT2D eigenvalue weighted by atomic mass is 16.5. The van der Waals surface area contributed by atoms with Crippen LogP contribution in [0, 0.1) is 11.3 Å². The first-order chi connectivity index (χ1) is 28.6. The third kappa shape index (κ3) is 78.1. The summed E-state index contributed by atoms with van der Waals surface area (Å²) in [5.41, 5.74) is 0.484. The number of unbranched alkanes of at least 4 members (excludes halogenated alkanes) is 1. The lowest BCUT2D eigenvalue weighted by Gasteiger charge is -2.39. The molecular weight excluding hydrogens is 815 g/mol. The van der Waals surface area contributed by atoms with Crippen LogP contribution in [0.15, 0.2) is 0 Å². The smallest absolute Gasteiger partial charge is 0.0835 e. The van der Waals surface area contributed by atoms with Crippen LogP contribution in [-0.2, 0) is 33.2 Å². The van der Waals surface area contributed by atoms with Crippen molar-refractivity contribution in [1.82, 2.24) is 14.7 Å². The molecule has 2 heterocycles. The summed E-state index contributed by atoms with van der Waals surface area (Å²) in [4.78, 5) is 6.69. The highest BCUT2D eigenvalue weighted by molar-refractivity contribution is 4.80. The van der Waals surface area contributed by atoms with Crippen LogP contribution in [0.2, 0.25) is 0 Å². The standard InChI is InChI=1S/C9H19NO.C9H20O.C8H17NO.C8H19NO.2C8H18O.C5H12O/c1-9(2,3)11-8-5-6-10(4)7-8;1-8(2,3)7-10-9(4,5)6;1-8(2,3)10-7-5-9(4)6-7;1-8(2,3)10-7-6-9(4)5;1-7(2)6-9-8(3,4)5;1-5-6-7-9-8(2,3)4;1-5(2,3)6-4/h8H,5-7H2,1-4H3;7H2,1-6H3;7H,5-6H2,1-4H3;6-7H2,1-5H3;7H,6H2,1-5H3;5-7H2,1-4H3;1-4H3. The molecule has 0 bridgehead atoms. The van der Waals surface area contributed by atoms with Gasteiger partial charge in [-0.1, -0.05) is 48.0 Å². The molecule has 0 spiro atoms. The van der Waals surface area contributed by atoms with E-state index in [0.29, 0.717) is 18.1 Å². The summed E-state index contributed by atoms with van der Waals surface area (Å²) in [6.07, 6.45) is 4.52. The Labute approximate surface area is 410 Å². The molecule has 0 aliphatic carbocycles. The average molecular weight is 939 g/mol. The van der Waals surface area contributed by atoms with E-state index in [-0.39, 0.29) is 44.6 Å². The lowest BCUT2D eigenvalue weighted by molar-refractivity contribution is -0.117. The molecule has 0 aromatic rings. The molecule has 65 heavy (non-hydrogen) atoms. The van der Waals surface area contributed by atoms with Gasteiger partial charge < -0.3 is 47.9 Å². The predicted octanol–water partition coefficient (Wildman–Crippen LogP) is 13.3. The molecule has 2 aliphatic rings. The molecule has 10 heteroatoms. The topological polar surface area (TPSA) is 74.3 Å². The monoisotopic (exact) mass is 938 g/mol. The van der Waals surface area contributed by atoms with Crippen molar-refractivity contribution in [2.75, 3.05) is 94.5 Å². The Morgan fingerprint density at radius 3 is 1.11 bits per heavy atom. The van der Waals surface area contributed by atoms with Crippen LogP contribution in [0.5, 0.6) is 0 Å². The average Bonchev–Trinajstić information content (AvgIpc) is 3.43. The largest absolute Gasteiger partial charge is 0.379 e. The highest BCUT2D eigenvalue weighted by Crippen LogP contribution is 2.20. The fourth-order valence-electron chi connectivity index (χ4n) is 4.61. The molecule has 1 atom stereocenters. The highest BCUT2D eigenvalue weighted by Gasteiger charge is 2.28. The zero-order chi connectivity index (χ0) is 52.9. The zero-order valence-electron chi connectivity index (χ0n) is 50.4. The molecule has 1 unspecified atom stereocenters. The Morgan fingerprint density at radius 2 is 0.877 bits per heavy atom. The van der Waals surface area contributed by atoms with Gasteiger partial charge in [-0.15, -0.1) is 0 Å². The van der Waals surface area contributed by atoms with Gasteiger partial charge in [0.25, 0.3) is 0 Å². The Kier molecular flexibility index (Phi) is 39.4. The van der Waals surface area contributed by atoms with Gasteiger partial charge in [0.2, 0.25) is 0 Å². The van der Waals surface area contributed by atoms with Crippen LogP contribution in [0.3, 0.4) is 0 Å². The molecule has 2 fully saturated rings. The number of ether oxygens (including phenoxy) is 7. The summed E-state index contributed by atoms with van der Waals surface area (Å²) >= 11 is 0. The Hall–Kier alpha value is -0.400. The van der Waals surface area contributed by atoms with Crippen LogP contribution in [0.25, 0.3) is 0 Å². The van der Waals surface area contributed by atoms with Crippen LogP contribution < -0.4 is 0 Å². The first kappa shape index (κ1) is 73.6. The SMILES string of the molecule is CC(C)(C)COC(C)(C)C.CC(C)COC(C)(C)C.CCCCOC(C)(C)C.CN(C)CCOC(C)(C)C.CN1CC(OC(C)(C)C)C1.CN1CCC(OC(C)(C)C)C1.COC(C)(C)C. The second kappa shape index (κ2) is 34.8. The van der Waals surface area contributed by atoms with E-state index in [9.17, 15) is 0 Å². The molecule has 2 aliphatic heterocycles. The van der Waals surface area contributed by atoms with E-state index in [4.69, 9.17) is 33.2 Å². The lowest BCUT2D eigenvalue weighted by Crippen LogP contribution is -2.52. The van der Waals surface area contributed by atoms with Crippen molar-refractivity contribution in [3.8, 4) is 0 Å². The van der Waals surface area contributed by atoms with Crippen molar-refractivity contribution in [1.29, 1.82) is 0 Å². The Balaban J connectivity index is -0.000000217. The van der Waals surface area contributed by atoms with E-state index in [1.54, 1.807) is 7.11 Å². The van der Waals surface area contributed by atoms with E-state index in [0.717, 1.165) is 52.6 Å². The maximum absolute atomic E-state index is 5.83. The third-order valence-corrected chi connectivity index (χ3v) is 7.93. The molecule has 10 nitrogen and oxygen atoms in total. The van der Waals surface area contributed by atoms with Gasteiger partial charge in [-0.05, 0) is 198 Å². The van der Waals surface area contributed by atoms with Gasteiger partial charge in [0.1, 0.15) is 0 Å². The maximum atomic E-state index is 5.83. The Bertz CT molecular complexity index is 1030. The third-order valence-electron chi connectivity index (χ3n) is 7.93. The summed E-state index contributed by atoms with van der Waals surface area (Å²) in [6.45, 7) is 65.6. The minimum Gasteiger partial charge on any atom is -0.379 e. The van der Waals surface area contributed by atoms with E-state index in [1.807, 2.05) is 34.9 Å². The molecule has 0 N–H and O–H groups in total. The number of nitrogens with zero attached hydrogens (tertiary/aromatic N) is 3. The number of methoxy groups -OCH3 is 1. The van der Waals surface area contributed by atoms with Crippen molar-refractivity contribution in [3.05, 3.63) is 0 Å². The lowest BCUT2D eigenvalue weighted by atomic mass is 9.98. The second-order valence-electron chi connectivity index (χ2n) is 26.7. The van der Waals surface area contributed by atoms with Gasteiger partial charge >= 0.3 is 0 Å². The van der Waals surface area contributed by atoms with E-state index in [2.05, 4.69) is 195 Å². The quantitative estimate of drug-likeness (QED) is 0.187. The predicted molar refractivity (Wildman–Crippen MR) is 286 cm³/mol. The minimum absolute atomic E-state index is 0.00722. The summed E-state index contributed by atoms with van der Waals surface area (Å²) in [7, 11) is 10.1. The first-order valence-electron chi connectivity index (χ1n) is 25.1. The van der Waals surface area contributed by atoms with Gasteiger partial charge in [0, 0.05) is 53.0 Å². The molecule has 0 aromatic carbocycles. The van der Waals surface area contributed by atoms with Crippen molar-refractivity contribution in [3.63, 3.8) is 0 Å². The number of rotatable bonds is 11. The number of hydrogen-bond acceptors (Lipinski definition) is 10. The first-order valence-corrected chi connectivity index (χ1v) is 25.1. The molecule has 0 aromatic heterocycles. The van der Waals surface area contributed by atoms with E-state index < -0.39 is 0 Å². The van der Waals surface area contributed by atoms with Crippen molar-refractivity contribution in [2.45, 2.75) is 258 Å². The minimum atomic E-state index is 0.00722. The zero-order valence-corrected chi connectivity index (χ0v) is 50.4. The van der Waals surface area contributed by atoms with Gasteiger partial charge in [-0.25, -0.2) is 0 Å². The summed E-state index contributed by atoms with van der Waals surface area (Å²) in [5.74, 6) is 0.643. The Morgan fingerprint density at radius 1 is 0.508 bits per heavy atom. The van der Waals surface area contributed by atoms with Gasteiger partial charge in [-0.2, -0.15) is 0 Å². The van der Waals surface area contributed by atoms with Crippen LogP contribution in [0.4, 0.5) is 0 Å². The number of hydrogen-bond donors (Lipinski definition) is 0. The van der Waals surface area contributed by atoms with Gasteiger partial charge in [0.05, 0.1) is 64.6 Å². The molecule has 400 valence electrons. The summed E-state index contributed by atoms with van der Waals surface area (Å²) in [6, 6.07) is 0. The molecular formula is C55H123N3O7. The van der Waals surface area contributed by atoms with Crippen LogP contribution in [0.1, 0.15) is 206 Å². The summed E-state index contributed by atoms with van der Waals surface area (Å²) < 4.78 is 38.5. The van der Waals surface area contributed by atoms with E-state index >= 15 is 0 Å². The fraction of sp³-hybridized carbons (Fsp3) is 1.00. The van der Waals surface area contributed by atoms with Crippen molar-refractivity contribution in [2.24, 2.45) is 11.3 Å². The normalized spacial score (nSPS) is 16.8. The molecule has 2 saturated heterocycles. The van der Waals surface area contributed by atoms with Gasteiger partial charge in [-0.3, -0.25) is 0 Å². The molecule has 2 rings (SSSR count). The summed E-state index contributed by atoms with van der Waals surface area (Å²) in [5, 5.41) is 0.